The Morgan fingerprint density at radius 3 is 2.79 bits per heavy atom. The van der Waals surface area contributed by atoms with Crippen LogP contribution in [0.2, 0.25) is 0 Å². The van der Waals surface area contributed by atoms with Gasteiger partial charge < -0.3 is 9.40 Å². The van der Waals surface area contributed by atoms with Gasteiger partial charge in [0.15, 0.2) is 16.7 Å². The lowest BCUT2D eigenvalue weighted by atomic mass is 10.2. The third-order valence-electron chi connectivity index (χ3n) is 4.44. The molecule has 0 unspecified atom stereocenters. The molecule has 0 aliphatic heterocycles. The van der Waals surface area contributed by atoms with Gasteiger partial charge >= 0.3 is 5.69 Å². The summed E-state index contributed by atoms with van der Waals surface area (Å²) in [6, 6.07) is 11.5. The number of nitrogens with zero attached hydrogens (tertiary/aromatic N) is 4. The maximum Gasteiger partial charge on any atom is 0.326 e. The molecule has 0 atom stereocenters. The van der Waals surface area contributed by atoms with Gasteiger partial charge in [-0.1, -0.05) is 37.7 Å². The van der Waals surface area contributed by atoms with Crippen LogP contribution < -0.4 is 5.69 Å². The van der Waals surface area contributed by atoms with Crippen LogP contribution in [-0.2, 0) is 13.1 Å². The Morgan fingerprint density at radius 2 is 2.00 bits per heavy atom. The first-order chi connectivity index (χ1) is 13.6. The monoisotopic (exact) mass is 397 g/mol. The molecule has 0 fully saturated rings. The number of furan rings is 1. The minimum Gasteiger partial charge on any atom is -0.461 e. The molecular weight excluding hydrogens is 374 g/mol. The van der Waals surface area contributed by atoms with Crippen LogP contribution in [0.25, 0.3) is 22.6 Å². The van der Waals surface area contributed by atoms with E-state index in [1.54, 1.807) is 22.6 Å². The highest BCUT2D eigenvalue weighted by Crippen LogP contribution is 2.26. The van der Waals surface area contributed by atoms with Crippen LogP contribution in [0.4, 0.5) is 0 Å². The zero-order chi connectivity index (χ0) is 19.5. The quantitative estimate of drug-likeness (QED) is 0.359. The fourth-order valence-electron chi connectivity index (χ4n) is 3.23. The maximum absolute atomic E-state index is 12.2. The van der Waals surface area contributed by atoms with Crippen molar-refractivity contribution >= 4 is 22.8 Å². The molecule has 7 nitrogen and oxygen atoms in total. The SMILES string of the molecule is CC(C)Cn1c(SCCCn2c(=O)[nH]c3ccccc32)nnc1-c1ccco1. The van der Waals surface area contributed by atoms with E-state index in [-0.39, 0.29) is 5.69 Å². The van der Waals surface area contributed by atoms with E-state index in [1.165, 1.54) is 0 Å². The molecule has 146 valence electrons. The van der Waals surface area contributed by atoms with E-state index in [0.29, 0.717) is 12.5 Å². The number of para-hydroxylation sites is 2. The maximum atomic E-state index is 12.2. The predicted molar refractivity (Wildman–Crippen MR) is 110 cm³/mol. The van der Waals surface area contributed by atoms with E-state index in [1.807, 2.05) is 36.4 Å². The van der Waals surface area contributed by atoms with E-state index in [2.05, 4.69) is 33.6 Å². The van der Waals surface area contributed by atoms with Gasteiger partial charge in [-0.3, -0.25) is 9.13 Å². The molecule has 0 aliphatic rings. The molecule has 3 aromatic heterocycles. The molecule has 0 aliphatic carbocycles. The van der Waals surface area contributed by atoms with E-state index in [4.69, 9.17) is 4.42 Å². The molecule has 1 N–H and O–H groups in total. The third-order valence-corrected chi connectivity index (χ3v) is 5.50. The number of thioether (sulfide) groups is 1. The number of aromatic amines is 1. The lowest BCUT2D eigenvalue weighted by Gasteiger charge is -2.11. The summed E-state index contributed by atoms with van der Waals surface area (Å²) in [5.74, 6) is 2.80. The average Bonchev–Trinajstić information content (AvgIpc) is 3.38. The number of benzene rings is 1. The number of imidazole rings is 1. The Bertz CT molecular complexity index is 1110. The fourth-order valence-corrected chi connectivity index (χ4v) is 4.10. The van der Waals surface area contributed by atoms with Crippen molar-refractivity contribution in [2.24, 2.45) is 5.92 Å². The van der Waals surface area contributed by atoms with Crippen LogP contribution in [0.1, 0.15) is 20.3 Å². The van der Waals surface area contributed by atoms with E-state index in [9.17, 15) is 4.79 Å². The summed E-state index contributed by atoms with van der Waals surface area (Å²) in [6.45, 7) is 5.83. The van der Waals surface area contributed by atoms with Gasteiger partial charge in [0.25, 0.3) is 0 Å². The van der Waals surface area contributed by atoms with Crippen LogP contribution in [0.15, 0.2) is 57.0 Å². The topological polar surface area (TPSA) is 81.6 Å². The zero-order valence-corrected chi connectivity index (χ0v) is 16.8. The van der Waals surface area contributed by atoms with Gasteiger partial charge in [0.2, 0.25) is 0 Å². The van der Waals surface area contributed by atoms with Crippen molar-refractivity contribution < 1.29 is 4.42 Å². The van der Waals surface area contributed by atoms with Gasteiger partial charge in [-0.05, 0) is 36.6 Å². The summed E-state index contributed by atoms with van der Waals surface area (Å²) < 4.78 is 9.42. The third kappa shape index (κ3) is 3.77. The zero-order valence-electron chi connectivity index (χ0n) is 16.0. The molecule has 1 aromatic carbocycles. The minimum absolute atomic E-state index is 0.0609. The number of hydrogen-bond acceptors (Lipinski definition) is 5. The van der Waals surface area contributed by atoms with Crippen LogP contribution in [-0.4, -0.2) is 30.1 Å². The first-order valence-electron chi connectivity index (χ1n) is 9.41. The molecule has 8 heteroatoms. The highest BCUT2D eigenvalue weighted by molar-refractivity contribution is 7.99. The van der Waals surface area contributed by atoms with Crippen LogP contribution in [0.3, 0.4) is 0 Å². The van der Waals surface area contributed by atoms with Crippen LogP contribution >= 0.6 is 11.8 Å². The van der Waals surface area contributed by atoms with Gasteiger partial charge in [0, 0.05) is 18.8 Å². The van der Waals surface area contributed by atoms with Crippen molar-refractivity contribution in [3.63, 3.8) is 0 Å². The lowest BCUT2D eigenvalue weighted by Crippen LogP contribution is -2.17. The predicted octanol–water partition coefficient (Wildman–Crippen LogP) is 4.02. The van der Waals surface area contributed by atoms with Crippen molar-refractivity contribution in [2.75, 3.05) is 5.75 Å². The minimum atomic E-state index is -0.0609. The average molecular weight is 398 g/mol. The molecule has 0 amide bonds. The Morgan fingerprint density at radius 1 is 1.14 bits per heavy atom. The summed E-state index contributed by atoms with van der Waals surface area (Å²) in [5, 5.41) is 9.58. The van der Waals surface area contributed by atoms with Crippen molar-refractivity contribution in [3.05, 3.63) is 53.1 Å². The molecule has 0 saturated heterocycles. The molecule has 0 spiro atoms. The number of rotatable bonds is 8. The Labute approximate surface area is 166 Å². The molecular formula is C20H23N5O2S. The smallest absolute Gasteiger partial charge is 0.326 e. The van der Waals surface area contributed by atoms with Gasteiger partial charge in [-0.25, -0.2) is 4.79 Å². The molecule has 4 aromatic rings. The van der Waals surface area contributed by atoms with Crippen LogP contribution in [0.5, 0.6) is 0 Å². The van der Waals surface area contributed by atoms with E-state index < -0.39 is 0 Å². The van der Waals surface area contributed by atoms with Crippen molar-refractivity contribution in [1.29, 1.82) is 0 Å². The molecule has 0 saturated carbocycles. The molecule has 0 radical (unpaired) electrons. The largest absolute Gasteiger partial charge is 0.461 e. The molecule has 3 heterocycles. The van der Waals surface area contributed by atoms with E-state index in [0.717, 1.165) is 46.5 Å². The number of aryl methyl sites for hydroxylation is 1. The lowest BCUT2D eigenvalue weighted by molar-refractivity contribution is 0.489. The highest BCUT2D eigenvalue weighted by Gasteiger charge is 2.17. The summed E-state index contributed by atoms with van der Waals surface area (Å²) in [4.78, 5) is 15.1. The van der Waals surface area contributed by atoms with Crippen molar-refractivity contribution in [3.8, 4) is 11.6 Å². The summed E-state index contributed by atoms with van der Waals surface area (Å²) in [5.41, 5.74) is 1.76. The molecule has 0 bridgehead atoms. The van der Waals surface area contributed by atoms with Gasteiger partial charge in [0.05, 0.1) is 17.3 Å². The first-order valence-corrected chi connectivity index (χ1v) is 10.4. The Kier molecular flexibility index (Phi) is 5.38. The van der Waals surface area contributed by atoms with Gasteiger partial charge in [-0.15, -0.1) is 10.2 Å². The number of H-pyrrole nitrogens is 1. The molecule has 4 rings (SSSR count). The number of fused-ring (bicyclic) bond motifs is 1. The summed E-state index contributed by atoms with van der Waals surface area (Å²) in [6.07, 6.45) is 2.51. The van der Waals surface area contributed by atoms with Crippen molar-refractivity contribution in [1.82, 2.24) is 24.3 Å². The number of hydrogen-bond donors (Lipinski definition) is 1. The number of nitrogens with one attached hydrogen (secondary N) is 1. The standard InChI is InChI=1S/C20H23N5O2S/c1-14(2)13-25-18(17-9-5-11-27-17)22-23-20(25)28-12-6-10-24-16-8-4-3-7-15(16)21-19(24)26/h3-5,7-9,11,14H,6,10,12-13H2,1-2H3,(H,21,26). The number of aromatic nitrogens is 5. The van der Waals surface area contributed by atoms with Gasteiger partial charge in [-0.2, -0.15) is 0 Å². The first kappa shape index (κ1) is 18.6. The second-order valence-corrected chi connectivity index (χ2v) is 8.15. The highest BCUT2D eigenvalue weighted by atomic mass is 32.2. The Balaban J connectivity index is 1.45. The summed E-state index contributed by atoms with van der Waals surface area (Å²) >= 11 is 1.66. The van der Waals surface area contributed by atoms with Gasteiger partial charge in [0.1, 0.15) is 0 Å². The normalized spacial score (nSPS) is 11.7. The van der Waals surface area contributed by atoms with E-state index >= 15 is 0 Å². The second-order valence-electron chi connectivity index (χ2n) is 7.09. The summed E-state index contributed by atoms with van der Waals surface area (Å²) in [7, 11) is 0. The Hall–Kier alpha value is -2.74. The second kappa shape index (κ2) is 8.10. The molecule has 28 heavy (non-hydrogen) atoms. The van der Waals surface area contributed by atoms with Crippen molar-refractivity contribution in [2.45, 2.75) is 38.5 Å². The van der Waals surface area contributed by atoms with Crippen LogP contribution in [0, 0.1) is 5.92 Å². The fraction of sp³-hybridized carbons (Fsp3) is 0.350.